The van der Waals surface area contributed by atoms with Crippen molar-refractivity contribution in [3.63, 3.8) is 0 Å². The van der Waals surface area contributed by atoms with Crippen molar-refractivity contribution in [1.82, 2.24) is 0 Å². The molecule has 2 aromatic carbocycles. The van der Waals surface area contributed by atoms with E-state index >= 15 is 0 Å². The van der Waals surface area contributed by atoms with E-state index in [1.807, 2.05) is 0 Å². The fraction of sp³-hybridized carbons (Fsp3) is 0.0667. The molecule has 0 heterocycles. The number of nitrogen functional groups attached to an aromatic ring is 1. The molecule has 0 saturated heterocycles. The lowest BCUT2D eigenvalue weighted by atomic mass is 10.1. The number of aromatic carboxylic acids is 1. The second-order valence-electron chi connectivity index (χ2n) is 4.51. The molecular formula is C15H14N2O4. The normalized spacial score (nSPS) is 10.1. The van der Waals surface area contributed by atoms with Crippen LogP contribution in [0.15, 0.2) is 36.4 Å². The van der Waals surface area contributed by atoms with Gasteiger partial charge in [0.25, 0.3) is 5.91 Å². The van der Waals surface area contributed by atoms with Crippen LogP contribution in [0.4, 0.5) is 11.4 Å². The fourth-order valence-corrected chi connectivity index (χ4v) is 1.91. The lowest BCUT2D eigenvalue weighted by Gasteiger charge is -2.11. The van der Waals surface area contributed by atoms with Crippen LogP contribution in [0.2, 0.25) is 0 Å². The van der Waals surface area contributed by atoms with Gasteiger partial charge in [-0.1, -0.05) is 6.07 Å². The highest BCUT2D eigenvalue weighted by Crippen LogP contribution is 2.23. The first-order valence-electron chi connectivity index (χ1n) is 6.13. The van der Waals surface area contributed by atoms with Crippen LogP contribution >= 0.6 is 0 Å². The summed E-state index contributed by atoms with van der Waals surface area (Å²) in [6, 6.07) is 8.68. The number of benzene rings is 2. The van der Waals surface area contributed by atoms with Crippen molar-refractivity contribution in [2.75, 3.05) is 11.1 Å². The minimum absolute atomic E-state index is 0.00585. The Hall–Kier alpha value is -3.02. The zero-order valence-electron chi connectivity index (χ0n) is 11.3. The monoisotopic (exact) mass is 286 g/mol. The molecule has 1 amide bonds. The second-order valence-corrected chi connectivity index (χ2v) is 4.51. The molecule has 0 aliphatic rings. The Morgan fingerprint density at radius 3 is 2.52 bits per heavy atom. The summed E-state index contributed by atoms with van der Waals surface area (Å²) in [5.74, 6) is -1.69. The highest BCUT2D eigenvalue weighted by atomic mass is 16.4. The van der Waals surface area contributed by atoms with Crippen molar-refractivity contribution in [2.45, 2.75) is 6.92 Å². The van der Waals surface area contributed by atoms with Crippen LogP contribution in [-0.4, -0.2) is 22.1 Å². The van der Waals surface area contributed by atoms with Gasteiger partial charge >= 0.3 is 5.97 Å². The highest BCUT2D eigenvalue weighted by molar-refractivity contribution is 6.09. The number of aromatic hydroxyl groups is 1. The number of carbonyl (C=O) groups excluding carboxylic acids is 1. The fourth-order valence-electron chi connectivity index (χ4n) is 1.91. The minimum Gasteiger partial charge on any atom is -0.508 e. The Balaban J connectivity index is 2.38. The molecule has 5 N–H and O–H groups in total. The Bertz CT molecular complexity index is 726. The van der Waals surface area contributed by atoms with E-state index in [4.69, 9.17) is 10.8 Å². The van der Waals surface area contributed by atoms with Gasteiger partial charge in [-0.15, -0.1) is 0 Å². The van der Waals surface area contributed by atoms with E-state index in [1.54, 1.807) is 6.92 Å². The first-order chi connectivity index (χ1) is 9.90. The van der Waals surface area contributed by atoms with Gasteiger partial charge in [0.1, 0.15) is 5.75 Å². The first kappa shape index (κ1) is 14.4. The molecule has 0 radical (unpaired) electrons. The van der Waals surface area contributed by atoms with E-state index in [0.717, 1.165) is 0 Å². The number of carbonyl (C=O) groups is 2. The topological polar surface area (TPSA) is 113 Å². The smallest absolute Gasteiger partial charge is 0.337 e. The van der Waals surface area contributed by atoms with Gasteiger partial charge in [-0.05, 0) is 37.3 Å². The van der Waals surface area contributed by atoms with Crippen LogP contribution in [0.25, 0.3) is 0 Å². The van der Waals surface area contributed by atoms with Gasteiger partial charge in [-0.25, -0.2) is 4.79 Å². The average Bonchev–Trinajstić information content (AvgIpc) is 2.41. The van der Waals surface area contributed by atoms with Crippen molar-refractivity contribution in [1.29, 1.82) is 0 Å². The van der Waals surface area contributed by atoms with E-state index in [2.05, 4.69) is 5.32 Å². The van der Waals surface area contributed by atoms with Crippen LogP contribution in [0, 0.1) is 6.92 Å². The molecule has 2 aromatic rings. The van der Waals surface area contributed by atoms with E-state index in [1.165, 1.54) is 36.4 Å². The number of carboxylic acids is 1. The maximum absolute atomic E-state index is 12.2. The standard InChI is InChI=1S/C15H14N2O4/c1-8-10(3-2-4-13(8)18)14(19)17-12-7-9(16)5-6-11(12)15(20)21/h2-7,18H,16H2,1H3,(H,17,19)(H,20,21). The third-order valence-electron chi connectivity index (χ3n) is 3.07. The largest absolute Gasteiger partial charge is 0.508 e. The van der Waals surface area contributed by atoms with Crippen molar-refractivity contribution in [3.05, 3.63) is 53.1 Å². The van der Waals surface area contributed by atoms with Crippen molar-refractivity contribution >= 4 is 23.3 Å². The third-order valence-corrected chi connectivity index (χ3v) is 3.07. The predicted molar refractivity (Wildman–Crippen MR) is 78.6 cm³/mol. The van der Waals surface area contributed by atoms with Crippen LogP contribution in [0.1, 0.15) is 26.3 Å². The van der Waals surface area contributed by atoms with E-state index in [-0.39, 0.29) is 22.6 Å². The number of hydrogen-bond acceptors (Lipinski definition) is 4. The molecule has 6 nitrogen and oxygen atoms in total. The number of anilines is 2. The summed E-state index contributed by atoms with van der Waals surface area (Å²) in [6.07, 6.45) is 0. The maximum atomic E-state index is 12.2. The van der Waals surface area contributed by atoms with Crippen molar-refractivity contribution < 1.29 is 19.8 Å². The number of rotatable bonds is 3. The molecule has 0 fully saturated rings. The number of amides is 1. The summed E-state index contributed by atoms with van der Waals surface area (Å²) >= 11 is 0. The van der Waals surface area contributed by atoms with E-state index in [0.29, 0.717) is 11.3 Å². The van der Waals surface area contributed by atoms with E-state index < -0.39 is 11.9 Å². The SMILES string of the molecule is Cc1c(O)cccc1C(=O)Nc1cc(N)ccc1C(=O)O. The summed E-state index contributed by atoms with van der Waals surface area (Å²) in [4.78, 5) is 23.4. The molecule has 0 unspecified atom stereocenters. The molecule has 108 valence electrons. The molecule has 21 heavy (non-hydrogen) atoms. The van der Waals surface area contributed by atoms with Gasteiger partial charge in [0, 0.05) is 16.8 Å². The number of nitrogens with two attached hydrogens (primary N) is 1. The first-order valence-corrected chi connectivity index (χ1v) is 6.13. The van der Waals surface area contributed by atoms with Gasteiger partial charge in [0.2, 0.25) is 0 Å². The van der Waals surface area contributed by atoms with Crippen LogP contribution in [-0.2, 0) is 0 Å². The van der Waals surface area contributed by atoms with Gasteiger partial charge in [0.15, 0.2) is 0 Å². The maximum Gasteiger partial charge on any atom is 0.337 e. The lowest BCUT2D eigenvalue weighted by Crippen LogP contribution is -2.16. The molecule has 0 spiro atoms. The zero-order chi connectivity index (χ0) is 15.6. The zero-order valence-corrected chi connectivity index (χ0v) is 11.3. The Kier molecular flexibility index (Phi) is 3.80. The number of hydrogen-bond donors (Lipinski definition) is 4. The number of nitrogens with one attached hydrogen (secondary N) is 1. The summed E-state index contributed by atoms with van der Waals surface area (Å²) < 4.78 is 0. The Labute approximate surface area is 120 Å². The third kappa shape index (κ3) is 2.94. The van der Waals surface area contributed by atoms with Crippen LogP contribution in [0.5, 0.6) is 5.75 Å². The van der Waals surface area contributed by atoms with Crippen LogP contribution in [0.3, 0.4) is 0 Å². The lowest BCUT2D eigenvalue weighted by molar-refractivity contribution is 0.0698. The highest BCUT2D eigenvalue weighted by Gasteiger charge is 2.16. The number of carboxylic acid groups (broad SMARTS) is 1. The molecular weight excluding hydrogens is 272 g/mol. The number of phenols is 1. The van der Waals surface area contributed by atoms with E-state index in [9.17, 15) is 14.7 Å². The summed E-state index contributed by atoms with van der Waals surface area (Å²) in [6.45, 7) is 1.60. The van der Waals surface area contributed by atoms with Gasteiger partial charge in [-0.3, -0.25) is 4.79 Å². The molecule has 0 aliphatic carbocycles. The molecule has 0 saturated carbocycles. The Morgan fingerprint density at radius 1 is 1.14 bits per heavy atom. The molecule has 0 atom stereocenters. The molecule has 0 bridgehead atoms. The molecule has 0 aromatic heterocycles. The average molecular weight is 286 g/mol. The van der Waals surface area contributed by atoms with Crippen molar-refractivity contribution in [3.8, 4) is 5.75 Å². The van der Waals surface area contributed by atoms with Gasteiger partial charge in [0.05, 0.1) is 11.3 Å². The summed E-state index contributed by atoms with van der Waals surface area (Å²) in [5, 5.41) is 21.2. The van der Waals surface area contributed by atoms with Gasteiger partial charge < -0.3 is 21.3 Å². The molecule has 0 aliphatic heterocycles. The Morgan fingerprint density at radius 2 is 1.86 bits per heavy atom. The quantitative estimate of drug-likeness (QED) is 0.646. The summed E-state index contributed by atoms with van der Waals surface area (Å²) in [5.41, 5.74) is 6.67. The number of phenolic OH excluding ortho intramolecular Hbond substituents is 1. The minimum atomic E-state index is -1.17. The van der Waals surface area contributed by atoms with Crippen molar-refractivity contribution in [2.24, 2.45) is 0 Å². The predicted octanol–water partition coefficient (Wildman–Crippen LogP) is 2.23. The van der Waals surface area contributed by atoms with Crippen LogP contribution < -0.4 is 11.1 Å². The summed E-state index contributed by atoms with van der Waals surface area (Å²) in [7, 11) is 0. The molecule has 6 heteroatoms. The molecule has 2 rings (SSSR count). The van der Waals surface area contributed by atoms with Gasteiger partial charge in [-0.2, -0.15) is 0 Å². The second kappa shape index (κ2) is 5.54.